The first kappa shape index (κ1) is 22.0. The van der Waals surface area contributed by atoms with Crippen LogP contribution in [-0.2, 0) is 4.79 Å². The molecule has 0 N–H and O–H groups in total. The number of benzene rings is 3. The fourth-order valence-corrected chi connectivity index (χ4v) is 3.28. The molecule has 5 nitrogen and oxygen atoms in total. The zero-order valence-corrected chi connectivity index (χ0v) is 18.4. The van der Waals surface area contributed by atoms with Gasteiger partial charge in [0.1, 0.15) is 23.3 Å². The van der Waals surface area contributed by atoms with E-state index in [-0.39, 0.29) is 27.9 Å². The molecule has 0 radical (unpaired) electrons. The van der Waals surface area contributed by atoms with E-state index in [0.29, 0.717) is 26.4 Å². The summed E-state index contributed by atoms with van der Waals surface area (Å²) in [5, 5.41) is 1.43. The van der Waals surface area contributed by atoms with Crippen molar-refractivity contribution in [3.05, 3.63) is 104 Å². The summed E-state index contributed by atoms with van der Waals surface area (Å²) in [5.41, 5.74) is 0.538. The maximum Gasteiger partial charge on any atom is 0.336 e. The van der Waals surface area contributed by atoms with E-state index in [4.69, 9.17) is 48.7 Å². The molecule has 0 atom stereocenters. The van der Waals surface area contributed by atoms with Crippen molar-refractivity contribution in [1.29, 1.82) is 0 Å². The van der Waals surface area contributed by atoms with E-state index in [1.807, 2.05) is 0 Å². The summed E-state index contributed by atoms with van der Waals surface area (Å²) in [4.78, 5) is 24.9. The van der Waals surface area contributed by atoms with Crippen LogP contribution in [0.1, 0.15) is 5.56 Å². The molecule has 32 heavy (non-hydrogen) atoms. The number of rotatable bonds is 5. The Morgan fingerprint density at radius 1 is 0.875 bits per heavy atom. The highest BCUT2D eigenvalue weighted by Gasteiger charge is 2.12. The second kappa shape index (κ2) is 9.49. The first-order chi connectivity index (χ1) is 15.4. The number of fused-ring (bicyclic) bond motifs is 1. The molecule has 0 unspecified atom stereocenters. The van der Waals surface area contributed by atoms with Crippen molar-refractivity contribution < 1.29 is 18.7 Å². The van der Waals surface area contributed by atoms with Gasteiger partial charge in [-0.2, -0.15) is 0 Å². The van der Waals surface area contributed by atoms with Gasteiger partial charge in [-0.25, -0.2) is 4.79 Å². The fourth-order valence-electron chi connectivity index (χ4n) is 2.80. The van der Waals surface area contributed by atoms with E-state index in [2.05, 4.69) is 0 Å². The smallest absolute Gasteiger partial charge is 0.336 e. The highest BCUT2D eigenvalue weighted by Crippen LogP contribution is 2.29. The SMILES string of the molecule is O=C(/C=C/c1ccc(Cl)c(Cl)c1)Oc1ccc2c(=O)c(Oc3ccccc3Cl)coc2c1. The number of esters is 1. The van der Waals surface area contributed by atoms with Crippen LogP contribution < -0.4 is 14.9 Å². The molecule has 0 bridgehead atoms. The Hall–Kier alpha value is -3.25. The van der Waals surface area contributed by atoms with E-state index >= 15 is 0 Å². The average molecular weight is 488 g/mol. The van der Waals surface area contributed by atoms with Gasteiger partial charge in [0, 0.05) is 12.1 Å². The zero-order valence-electron chi connectivity index (χ0n) is 16.2. The van der Waals surface area contributed by atoms with Crippen molar-refractivity contribution in [2.24, 2.45) is 0 Å². The molecule has 4 aromatic rings. The molecule has 0 saturated heterocycles. The van der Waals surface area contributed by atoms with Gasteiger partial charge in [-0.3, -0.25) is 4.79 Å². The lowest BCUT2D eigenvalue weighted by molar-refractivity contribution is -0.128. The summed E-state index contributed by atoms with van der Waals surface area (Å²) in [6.45, 7) is 0. The predicted molar refractivity (Wildman–Crippen MR) is 125 cm³/mol. The topological polar surface area (TPSA) is 65.7 Å². The molecule has 1 heterocycles. The number of carbonyl (C=O) groups excluding carboxylic acids is 1. The summed E-state index contributed by atoms with van der Waals surface area (Å²) in [6, 6.07) is 16.2. The molecule has 0 fully saturated rings. The van der Waals surface area contributed by atoms with E-state index in [9.17, 15) is 9.59 Å². The van der Waals surface area contributed by atoms with Gasteiger partial charge in [0.15, 0.2) is 0 Å². The lowest BCUT2D eigenvalue weighted by atomic mass is 10.2. The van der Waals surface area contributed by atoms with Crippen LogP contribution in [0.5, 0.6) is 17.2 Å². The van der Waals surface area contributed by atoms with Gasteiger partial charge in [0.05, 0.1) is 20.5 Å². The molecule has 1 aromatic heterocycles. The van der Waals surface area contributed by atoms with Crippen molar-refractivity contribution in [1.82, 2.24) is 0 Å². The predicted octanol–water partition coefficient (Wildman–Crippen LogP) is 7.16. The minimum Gasteiger partial charge on any atom is -0.460 e. The maximum absolute atomic E-state index is 12.7. The monoisotopic (exact) mass is 486 g/mol. The largest absolute Gasteiger partial charge is 0.460 e. The highest BCUT2D eigenvalue weighted by atomic mass is 35.5. The van der Waals surface area contributed by atoms with Gasteiger partial charge in [-0.05, 0) is 48.0 Å². The minimum atomic E-state index is -0.614. The molecule has 160 valence electrons. The summed E-state index contributed by atoms with van der Waals surface area (Å²) in [5.74, 6) is -0.0827. The summed E-state index contributed by atoms with van der Waals surface area (Å²) in [6.07, 6.45) is 3.98. The Bertz CT molecular complexity index is 1410. The molecule has 0 aliphatic rings. The van der Waals surface area contributed by atoms with E-state index in [1.54, 1.807) is 48.5 Å². The average Bonchev–Trinajstić information content (AvgIpc) is 2.78. The van der Waals surface area contributed by atoms with Gasteiger partial charge < -0.3 is 13.9 Å². The molecule has 3 aromatic carbocycles. The minimum absolute atomic E-state index is 0.0140. The molecular weight excluding hydrogens is 475 g/mol. The number of carbonyl (C=O) groups is 1. The van der Waals surface area contributed by atoms with Crippen molar-refractivity contribution in [2.75, 3.05) is 0 Å². The molecule has 4 rings (SSSR count). The van der Waals surface area contributed by atoms with Crippen LogP contribution in [0.2, 0.25) is 15.1 Å². The van der Waals surface area contributed by atoms with Gasteiger partial charge >= 0.3 is 5.97 Å². The Balaban J connectivity index is 1.51. The first-order valence-electron chi connectivity index (χ1n) is 9.23. The molecule has 0 spiro atoms. The number of halogens is 3. The second-order valence-electron chi connectivity index (χ2n) is 6.55. The normalized spacial score (nSPS) is 11.1. The van der Waals surface area contributed by atoms with Crippen molar-refractivity contribution in [3.8, 4) is 17.2 Å². The van der Waals surface area contributed by atoms with Crippen LogP contribution in [0.15, 0.2) is 82.2 Å². The quantitative estimate of drug-likeness (QED) is 0.170. The summed E-state index contributed by atoms with van der Waals surface area (Å²) in [7, 11) is 0. The van der Waals surface area contributed by atoms with Gasteiger partial charge in [-0.1, -0.05) is 53.0 Å². The standard InChI is InChI=1S/C24H13Cl3O5/c25-17-9-5-14(11-19(17)27)6-10-23(28)31-15-7-8-16-21(12-15)30-13-22(24(16)29)32-20-4-2-1-3-18(20)26/h1-13H/b10-6+. The third-order valence-corrected chi connectivity index (χ3v) is 5.40. The fraction of sp³-hybridized carbons (Fsp3) is 0. The van der Waals surface area contributed by atoms with Gasteiger partial charge in [0.25, 0.3) is 0 Å². The summed E-state index contributed by atoms with van der Waals surface area (Å²) >= 11 is 17.9. The van der Waals surface area contributed by atoms with Gasteiger partial charge in [0.2, 0.25) is 11.2 Å². The van der Waals surface area contributed by atoms with Crippen molar-refractivity contribution in [2.45, 2.75) is 0 Å². The number of ether oxygens (including phenoxy) is 2. The lowest BCUT2D eigenvalue weighted by Crippen LogP contribution is -2.06. The van der Waals surface area contributed by atoms with Gasteiger partial charge in [-0.15, -0.1) is 0 Å². The highest BCUT2D eigenvalue weighted by molar-refractivity contribution is 6.42. The Morgan fingerprint density at radius 3 is 2.47 bits per heavy atom. The third-order valence-electron chi connectivity index (χ3n) is 4.34. The first-order valence-corrected chi connectivity index (χ1v) is 10.4. The molecule has 8 heteroatoms. The second-order valence-corrected chi connectivity index (χ2v) is 7.77. The van der Waals surface area contributed by atoms with Crippen LogP contribution in [-0.4, -0.2) is 5.97 Å². The third kappa shape index (κ3) is 4.97. The molecule has 0 aliphatic heterocycles. The van der Waals surface area contributed by atoms with E-state index in [0.717, 1.165) is 0 Å². The van der Waals surface area contributed by atoms with Crippen molar-refractivity contribution in [3.63, 3.8) is 0 Å². The van der Waals surface area contributed by atoms with Crippen LogP contribution in [0, 0.1) is 0 Å². The van der Waals surface area contributed by atoms with E-state index in [1.165, 1.54) is 30.5 Å². The number of hydrogen-bond acceptors (Lipinski definition) is 5. The van der Waals surface area contributed by atoms with E-state index < -0.39 is 5.97 Å². The number of hydrogen-bond donors (Lipinski definition) is 0. The molecule has 0 amide bonds. The molecular formula is C24H13Cl3O5. The van der Waals surface area contributed by atoms with Crippen LogP contribution in [0.4, 0.5) is 0 Å². The van der Waals surface area contributed by atoms with Crippen LogP contribution in [0.3, 0.4) is 0 Å². The maximum atomic E-state index is 12.7. The Morgan fingerprint density at radius 2 is 1.69 bits per heavy atom. The Labute approximate surface area is 197 Å². The summed E-state index contributed by atoms with van der Waals surface area (Å²) < 4.78 is 16.4. The molecule has 0 saturated carbocycles. The Kier molecular flexibility index (Phi) is 6.51. The number of para-hydroxylation sites is 1. The molecule has 0 aliphatic carbocycles. The van der Waals surface area contributed by atoms with Crippen LogP contribution >= 0.6 is 34.8 Å². The van der Waals surface area contributed by atoms with Crippen molar-refractivity contribution >= 4 is 57.8 Å². The lowest BCUT2D eigenvalue weighted by Gasteiger charge is -2.07. The van der Waals surface area contributed by atoms with Crippen LogP contribution in [0.25, 0.3) is 17.0 Å². The zero-order chi connectivity index (χ0) is 22.7.